The third-order valence-electron chi connectivity index (χ3n) is 10.2. The number of methoxy groups -OCH3 is 1. The molecule has 0 saturated carbocycles. The average molecular weight is 692 g/mol. The third-order valence-corrected chi connectivity index (χ3v) is 10.2. The molecule has 0 aromatic heterocycles. The van der Waals surface area contributed by atoms with Gasteiger partial charge in [0.1, 0.15) is 11.7 Å². The highest BCUT2D eigenvalue weighted by Gasteiger charge is 2.51. The molecular formula is C37H57NO11. The number of likely N-dealkylation sites (N-methyl/N-ethyl adjacent to an activating group) is 1. The Kier molecular flexibility index (Phi) is 14.1. The van der Waals surface area contributed by atoms with Crippen molar-refractivity contribution in [3.8, 4) is 0 Å². The number of aliphatic hydroxyl groups is 3. The molecule has 2 aliphatic heterocycles. The Morgan fingerprint density at radius 2 is 1.73 bits per heavy atom. The van der Waals surface area contributed by atoms with Crippen LogP contribution in [0.3, 0.4) is 0 Å². The van der Waals surface area contributed by atoms with E-state index in [-0.39, 0.29) is 36.3 Å². The molecule has 3 rings (SSSR count). The van der Waals surface area contributed by atoms with E-state index >= 15 is 0 Å². The van der Waals surface area contributed by atoms with Crippen molar-refractivity contribution in [3.05, 3.63) is 47.5 Å². The van der Waals surface area contributed by atoms with Crippen LogP contribution < -0.4 is 0 Å². The van der Waals surface area contributed by atoms with Crippen molar-refractivity contribution >= 4 is 17.7 Å². The van der Waals surface area contributed by atoms with Gasteiger partial charge in [0.05, 0.1) is 48.0 Å². The van der Waals surface area contributed by atoms with Gasteiger partial charge in [0.2, 0.25) is 0 Å². The van der Waals surface area contributed by atoms with Crippen LogP contribution in [0.4, 0.5) is 0 Å². The van der Waals surface area contributed by atoms with Crippen molar-refractivity contribution in [2.45, 2.75) is 122 Å². The zero-order valence-corrected chi connectivity index (χ0v) is 30.6. The second kappa shape index (κ2) is 17.0. The van der Waals surface area contributed by atoms with Crippen molar-refractivity contribution in [2.24, 2.45) is 17.8 Å². The first-order valence-corrected chi connectivity index (χ1v) is 17.2. The van der Waals surface area contributed by atoms with Crippen LogP contribution >= 0.6 is 0 Å². The zero-order chi connectivity index (χ0) is 36.8. The lowest BCUT2D eigenvalue weighted by molar-refractivity contribution is -0.300. The number of esters is 2. The van der Waals surface area contributed by atoms with Gasteiger partial charge in [0, 0.05) is 18.9 Å². The number of hydrogen-bond donors (Lipinski definition) is 3. The summed E-state index contributed by atoms with van der Waals surface area (Å²) in [5, 5.41) is 33.3. The number of hydrogen-bond acceptors (Lipinski definition) is 12. The normalized spacial score (nSPS) is 39.4. The van der Waals surface area contributed by atoms with Crippen LogP contribution in [-0.2, 0) is 33.3 Å². The summed E-state index contributed by atoms with van der Waals surface area (Å²) in [6.07, 6.45) is -3.82. The van der Waals surface area contributed by atoms with E-state index in [4.69, 9.17) is 23.7 Å². The van der Waals surface area contributed by atoms with E-state index in [9.17, 15) is 29.7 Å². The number of ketones is 1. The number of carbonyl (C=O) groups excluding carboxylic acids is 3. The Hall–Kier alpha value is -2.71. The van der Waals surface area contributed by atoms with Crippen LogP contribution in [0.2, 0.25) is 0 Å². The molecule has 12 heteroatoms. The first-order chi connectivity index (χ1) is 22.9. The van der Waals surface area contributed by atoms with Crippen molar-refractivity contribution in [1.29, 1.82) is 0 Å². The van der Waals surface area contributed by atoms with Crippen molar-refractivity contribution < 1.29 is 53.4 Å². The molecule has 0 radical (unpaired) electrons. The molecule has 1 aromatic carbocycles. The Balaban J connectivity index is 2.13. The lowest BCUT2D eigenvalue weighted by Gasteiger charge is -2.48. The molecule has 0 aliphatic carbocycles. The molecule has 0 amide bonds. The van der Waals surface area contributed by atoms with E-state index in [0.29, 0.717) is 12.0 Å². The Morgan fingerprint density at radius 3 is 2.29 bits per heavy atom. The van der Waals surface area contributed by atoms with Gasteiger partial charge in [-0.05, 0) is 84.8 Å². The first kappa shape index (κ1) is 40.7. The molecule has 2 aliphatic rings. The zero-order valence-electron chi connectivity index (χ0n) is 30.6. The molecular weight excluding hydrogens is 634 g/mol. The minimum absolute atomic E-state index is 0.108. The van der Waals surface area contributed by atoms with Crippen LogP contribution in [-0.4, -0.2) is 120 Å². The van der Waals surface area contributed by atoms with Crippen LogP contribution in [0.5, 0.6) is 0 Å². The molecule has 0 spiro atoms. The molecule has 1 fully saturated rings. The van der Waals surface area contributed by atoms with Crippen LogP contribution in [0, 0.1) is 17.8 Å². The van der Waals surface area contributed by atoms with E-state index in [2.05, 4.69) is 0 Å². The van der Waals surface area contributed by atoms with Crippen LogP contribution in [0.15, 0.2) is 42.0 Å². The number of aliphatic hydroxyl groups excluding tert-OH is 2. The molecule has 12 nitrogen and oxygen atoms in total. The maximum Gasteiger partial charge on any atom is 0.338 e. The van der Waals surface area contributed by atoms with Gasteiger partial charge in [-0.1, -0.05) is 39.0 Å². The number of ether oxygens (including phenoxy) is 5. The molecule has 1 saturated heterocycles. The SMILES string of the molecule is CC[C@H]1OC(=O)[C@H](C)[C@@H](O)[C@H](C)[C@@H](OC2O[C@H](C)C[C@H](N(C)C)[C@H]2OC(=O)c2ccccc2)[C@](C)(OC)C[C@@H](C)C(=O)/C(C)=C/[C@@]1(O)CO. The van der Waals surface area contributed by atoms with E-state index in [1.165, 1.54) is 27.0 Å². The quantitative estimate of drug-likeness (QED) is 0.342. The summed E-state index contributed by atoms with van der Waals surface area (Å²) in [4.78, 5) is 42.6. The van der Waals surface area contributed by atoms with Gasteiger partial charge < -0.3 is 43.9 Å². The van der Waals surface area contributed by atoms with Gasteiger partial charge in [-0.15, -0.1) is 0 Å². The van der Waals surface area contributed by atoms with Gasteiger partial charge >= 0.3 is 11.9 Å². The summed E-state index contributed by atoms with van der Waals surface area (Å²) in [5.41, 5.74) is -2.74. The van der Waals surface area contributed by atoms with E-state index in [0.717, 1.165) is 0 Å². The second-order valence-corrected chi connectivity index (χ2v) is 14.3. The molecule has 0 bridgehead atoms. The lowest BCUT2D eigenvalue weighted by Crippen LogP contribution is -2.60. The topological polar surface area (TPSA) is 161 Å². The van der Waals surface area contributed by atoms with Gasteiger partial charge in [-0.25, -0.2) is 4.79 Å². The predicted octanol–water partition coefficient (Wildman–Crippen LogP) is 3.30. The van der Waals surface area contributed by atoms with Crippen molar-refractivity contribution in [3.63, 3.8) is 0 Å². The third kappa shape index (κ3) is 9.35. The molecule has 276 valence electrons. The van der Waals surface area contributed by atoms with E-state index < -0.39 is 78.2 Å². The average Bonchev–Trinajstić information content (AvgIpc) is 3.08. The summed E-state index contributed by atoms with van der Waals surface area (Å²) in [5.74, 6) is -4.27. The highest BCUT2D eigenvalue weighted by atomic mass is 16.7. The Bertz CT molecular complexity index is 1300. The number of nitrogens with zero attached hydrogens (tertiary/aromatic N) is 1. The van der Waals surface area contributed by atoms with E-state index in [1.807, 2.05) is 25.9 Å². The fraction of sp³-hybridized carbons (Fsp3) is 0.703. The van der Waals surface area contributed by atoms with Gasteiger partial charge in [-0.3, -0.25) is 9.59 Å². The number of cyclic esters (lactones) is 1. The number of rotatable bonds is 8. The maximum absolute atomic E-state index is 13.7. The Morgan fingerprint density at radius 1 is 1.10 bits per heavy atom. The summed E-state index contributed by atoms with van der Waals surface area (Å²) >= 11 is 0. The maximum atomic E-state index is 13.7. The first-order valence-electron chi connectivity index (χ1n) is 17.2. The fourth-order valence-corrected chi connectivity index (χ4v) is 7.15. The predicted molar refractivity (Wildman–Crippen MR) is 181 cm³/mol. The standard InChI is InChI=1S/C37H57NO11/c1-11-28-37(44,20-39)19-22(3)29(40)21(2)18-36(7,45-10)32(24(5)30(41)25(6)33(42)47-28)49-35-31(27(38(8)9)17-23(4)46-35)48-34(43)26-15-13-12-14-16-26/h12-16,19,21,23-25,27-28,30-32,35,39,41,44H,11,17-18,20H2,1-10H3/b22-19+/t21-,23-,24+,25-,27+,28-,30+,31-,32-,35?,36-,37-/m1/s1. The van der Waals surface area contributed by atoms with Crippen LogP contribution in [0.1, 0.15) is 78.1 Å². The highest BCUT2D eigenvalue weighted by Crippen LogP contribution is 2.39. The Labute approximate surface area is 290 Å². The monoisotopic (exact) mass is 691 g/mol. The molecule has 2 heterocycles. The van der Waals surface area contributed by atoms with E-state index in [1.54, 1.807) is 58.0 Å². The number of carbonyl (C=O) groups is 3. The number of benzene rings is 1. The molecule has 49 heavy (non-hydrogen) atoms. The van der Waals surface area contributed by atoms with Gasteiger partial charge in [0.25, 0.3) is 0 Å². The van der Waals surface area contributed by atoms with Gasteiger partial charge in [0.15, 0.2) is 18.2 Å². The number of allylic oxidation sites excluding steroid dienone is 1. The fourth-order valence-electron chi connectivity index (χ4n) is 7.15. The molecule has 12 atom stereocenters. The summed E-state index contributed by atoms with van der Waals surface area (Å²) < 4.78 is 31.1. The largest absolute Gasteiger partial charge is 0.459 e. The summed E-state index contributed by atoms with van der Waals surface area (Å²) in [6, 6.07) is 8.31. The smallest absolute Gasteiger partial charge is 0.338 e. The second-order valence-electron chi connectivity index (χ2n) is 14.3. The highest BCUT2D eigenvalue weighted by molar-refractivity contribution is 5.96. The molecule has 1 aromatic rings. The minimum Gasteiger partial charge on any atom is -0.459 e. The molecule has 3 N–H and O–H groups in total. The summed E-state index contributed by atoms with van der Waals surface area (Å²) in [7, 11) is 5.24. The van der Waals surface area contributed by atoms with Crippen molar-refractivity contribution in [2.75, 3.05) is 27.8 Å². The van der Waals surface area contributed by atoms with Crippen molar-refractivity contribution in [1.82, 2.24) is 4.90 Å². The number of Topliss-reactive ketones (excluding diaryl/α,β-unsaturated/α-hetero) is 1. The summed E-state index contributed by atoms with van der Waals surface area (Å²) in [6.45, 7) is 11.0. The van der Waals surface area contributed by atoms with Crippen LogP contribution in [0.25, 0.3) is 0 Å². The van der Waals surface area contributed by atoms with Gasteiger partial charge in [-0.2, -0.15) is 0 Å². The minimum atomic E-state index is -2.02. The lowest BCUT2D eigenvalue weighted by atomic mass is 9.76. The molecule has 1 unspecified atom stereocenters.